The molecular weight excluding hydrogens is 585 g/mol. The molecule has 222 valence electrons. The maximum absolute atomic E-state index is 10.4. The SMILES string of the molecule is N#Cc1cc(-c2ccccc2-n2c3ccccc3c3ccccc32)ccc1-c1ccc(-n2c3ccccc3c3cccc(C#N)c32)cc1. The van der Waals surface area contributed by atoms with Gasteiger partial charge in [-0.3, -0.25) is 0 Å². The number of para-hydroxylation sites is 5. The van der Waals surface area contributed by atoms with E-state index in [9.17, 15) is 10.5 Å². The third-order valence-corrected chi connectivity index (χ3v) is 9.43. The summed E-state index contributed by atoms with van der Waals surface area (Å²) in [4.78, 5) is 0. The van der Waals surface area contributed by atoms with Crippen LogP contribution >= 0.6 is 0 Å². The molecule has 48 heavy (non-hydrogen) atoms. The van der Waals surface area contributed by atoms with Gasteiger partial charge < -0.3 is 9.13 Å². The molecule has 0 unspecified atom stereocenters. The molecule has 9 aromatic rings. The Balaban J connectivity index is 1.15. The van der Waals surface area contributed by atoms with Gasteiger partial charge in [0.25, 0.3) is 0 Å². The summed E-state index contributed by atoms with van der Waals surface area (Å²) in [6.45, 7) is 0. The molecule has 0 amide bonds. The van der Waals surface area contributed by atoms with Gasteiger partial charge in [-0.1, -0.05) is 109 Å². The lowest BCUT2D eigenvalue weighted by Gasteiger charge is -2.15. The second kappa shape index (κ2) is 10.9. The van der Waals surface area contributed by atoms with E-state index in [0.29, 0.717) is 11.1 Å². The van der Waals surface area contributed by atoms with Crippen molar-refractivity contribution in [1.82, 2.24) is 9.13 Å². The molecule has 0 aliphatic heterocycles. The third-order valence-electron chi connectivity index (χ3n) is 9.43. The van der Waals surface area contributed by atoms with Crippen LogP contribution in [0.15, 0.2) is 158 Å². The largest absolute Gasteiger partial charge is 0.309 e. The van der Waals surface area contributed by atoms with Crippen molar-refractivity contribution in [2.24, 2.45) is 0 Å². The fourth-order valence-electron chi connectivity index (χ4n) is 7.32. The quantitative estimate of drug-likeness (QED) is 0.199. The Morgan fingerprint density at radius 3 is 1.60 bits per heavy atom. The second-order valence-electron chi connectivity index (χ2n) is 12.0. The standard InChI is InChI=1S/C44H26N4/c45-27-31-10-9-15-39-38-14-4-6-17-41(38)47(44(31)39)33-23-20-29(21-24-33)34-25-22-30(26-32(34)28-46)35-11-1-5-16-40(35)48-42-18-7-2-12-36(42)37-13-3-8-19-43(37)48/h1-26H. The zero-order chi connectivity index (χ0) is 32.2. The lowest BCUT2D eigenvalue weighted by atomic mass is 9.94. The lowest BCUT2D eigenvalue weighted by Crippen LogP contribution is -1.98. The van der Waals surface area contributed by atoms with Crippen LogP contribution in [0.25, 0.3) is 77.2 Å². The highest BCUT2D eigenvalue weighted by atomic mass is 15.0. The van der Waals surface area contributed by atoms with Crippen LogP contribution in [0.1, 0.15) is 11.1 Å². The minimum atomic E-state index is 0.612. The highest BCUT2D eigenvalue weighted by molar-refractivity contribution is 6.11. The molecule has 4 heteroatoms. The van der Waals surface area contributed by atoms with Crippen molar-refractivity contribution in [2.75, 3.05) is 0 Å². The van der Waals surface area contributed by atoms with Gasteiger partial charge in [0.15, 0.2) is 0 Å². The van der Waals surface area contributed by atoms with Gasteiger partial charge in [-0.2, -0.15) is 10.5 Å². The second-order valence-corrected chi connectivity index (χ2v) is 12.0. The number of rotatable bonds is 4. The predicted molar refractivity (Wildman–Crippen MR) is 195 cm³/mol. The summed E-state index contributed by atoms with van der Waals surface area (Å²) in [6, 6.07) is 58.8. The molecule has 0 atom stereocenters. The molecule has 7 aromatic carbocycles. The Bertz CT molecular complexity index is 2750. The van der Waals surface area contributed by atoms with E-state index in [-0.39, 0.29) is 0 Å². The molecule has 0 radical (unpaired) electrons. The Kier molecular flexibility index (Phi) is 6.22. The maximum Gasteiger partial charge on any atom is 0.101 e. The van der Waals surface area contributed by atoms with Crippen molar-refractivity contribution >= 4 is 43.6 Å². The van der Waals surface area contributed by atoms with E-state index < -0.39 is 0 Å². The third kappa shape index (κ3) is 4.07. The zero-order valence-corrected chi connectivity index (χ0v) is 25.8. The van der Waals surface area contributed by atoms with E-state index >= 15 is 0 Å². The van der Waals surface area contributed by atoms with Gasteiger partial charge in [-0.25, -0.2) is 0 Å². The molecule has 0 bridgehead atoms. The van der Waals surface area contributed by atoms with Gasteiger partial charge in [-0.05, 0) is 65.2 Å². The van der Waals surface area contributed by atoms with Crippen LogP contribution in [0.4, 0.5) is 0 Å². The Labute approximate surface area is 277 Å². The van der Waals surface area contributed by atoms with Crippen LogP contribution in [0.5, 0.6) is 0 Å². The number of nitrogens with zero attached hydrogens (tertiary/aromatic N) is 4. The van der Waals surface area contributed by atoms with Gasteiger partial charge in [0, 0.05) is 32.8 Å². The van der Waals surface area contributed by atoms with E-state index in [1.54, 1.807) is 0 Å². The molecule has 0 fully saturated rings. The van der Waals surface area contributed by atoms with Crippen LogP contribution < -0.4 is 0 Å². The van der Waals surface area contributed by atoms with Crippen LogP contribution in [0.2, 0.25) is 0 Å². The molecule has 0 N–H and O–H groups in total. The molecule has 0 saturated heterocycles. The van der Waals surface area contributed by atoms with E-state index in [1.165, 1.54) is 10.8 Å². The van der Waals surface area contributed by atoms with Crippen molar-refractivity contribution in [3.63, 3.8) is 0 Å². The summed E-state index contributed by atoms with van der Waals surface area (Å²) < 4.78 is 4.48. The first-order valence-electron chi connectivity index (χ1n) is 15.9. The first-order valence-corrected chi connectivity index (χ1v) is 15.9. The van der Waals surface area contributed by atoms with Gasteiger partial charge in [0.1, 0.15) is 6.07 Å². The average Bonchev–Trinajstić information content (AvgIpc) is 3.68. The number of aromatic nitrogens is 2. The smallest absolute Gasteiger partial charge is 0.101 e. The molecule has 0 spiro atoms. The molecular formula is C44H26N4. The van der Waals surface area contributed by atoms with Gasteiger partial charge >= 0.3 is 0 Å². The summed E-state index contributed by atoms with van der Waals surface area (Å²) >= 11 is 0. The molecule has 2 heterocycles. The van der Waals surface area contributed by atoms with Crippen LogP contribution in [0.3, 0.4) is 0 Å². The first kappa shape index (κ1) is 27.4. The van der Waals surface area contributed by atoms with Crippen molar-refractivity contribution < 1.29 is 0 Å². The lowest BCUT2D eigenvalue weighted by molar-refractivity contribution is 1.18. The molecule has 9 rings (SSSR count). The van der Waals surface area contributed by atoms with Crippen molar-refractivity contribution in [3.8, 4) is 45.8 Å². The van der Waals surface area contributed by atoms with Gasteiger partial charge in [0.05, 0.1) is 45.0 Å². The average molecular weight is 611 g/mol. The normalized spacial score (nSPS) is 11.3. The fourth-order valence-corrected chi connectivity index (χ4v) is 7.32. The van der Waals surface area contributed by atoms with Crippen LogP contribution in [-0.4, -0.2) is 9.13 Å². The molecule has 2 aromatic heterocycles. The van der Waals surface area contributed by atoms with Crippen LogP contribution in [0, 0.1) is 22.7 Å². The zero-order valence-electron chi connectivity index (χ0n) is 25.8. The minimum absolute atomic E-state index is 0.612. The number of hydrogen-bond donors (Lipinski definition) is 0. The van der Waals surface area contributed by atoms with E-state index in [0.717, 1.165) is 66.5 Å². The number of hydrogen-bond acceptors (Lipinski definition) is 2. The summed E-state index contributed by atoms with van der Waals surface area (Å²) in [7, 11) is 0. The highest BCUT2D eigenvalue weighted by Gasteiger charge is 2.18. The first-order chi connectivity index (χ1) is 23.7. The van der Waals surface area contributed by atoms with E-state index in [4.69, 9.17) is 0 Å². The fraction of sp³-hybridized carbons (Fsp3) is 0. The van der Waals surface area contributed by atoms with Crippen LogP contribution in [-0.2, 0) is 0 Å². The highest BCUT2D eigenvalue weighted by Crippen LogP contribution is 2.38. The van der Waals surface area contributed by atoms with Crippen molar-refractivity contribution in [2.45, 2.75) is 0 Å². The minimum Gasteiger partial charge on any atom is -0.309 e. The summed E-state index contributed by atoms with van der Waals surface area (Å²) in [5.41, 5.74) is 11.4. The number of benzene rings is 7. The van der Waals surface area contributed by atoms with Gasteiger partial charge in [-0.15, -0.1) is 0 Å². The maximum atomic E-state index is 10.4. The van der Waals surface area contributed by atoms with Gasteiger partial charge in [0.2, 0.25) is 0 Å². The van der Waals surface area contributed by atoms with E-state index in [2.05, 4.69) is 149 Å². The molecule has 0 aliphatic carbocycles. The number of fused-ring (bicyclic) bond motifs is 6. The predicted octanol–water partition coefficient (Wildman–Crippen LogP) is 11.0. The van der Waals surface area contributed by atoms with E-state index in [1.807, 2.05) is 30.3 Å². The topological polar surface area (TPSA) is 57.4 Å². The monoisotopic (exact) mass is 610 g/mol. The Morgan fingerprint density at radius 1 is 0.396 bits per heavy atom. The summed E-state index contributed by atoms with van der Waals surface area (Å²) in [6.07, 6.45) is 0. The summed E-state index contributed by atoms with van der Waals surface area (Å²) in [5.74, 6) is 0. The molecule has 0 saturated carbocycles. The van der Waals surface area contributed by atoms with Crippen molar-refractivity contribution in [1.29, 1.82) is 10.5 Å². The number of nitriles is 2. The Morgan fingerprint density at radius 2 is 0.938 bits per heavy atom. The summed E-state index contributed by atoms with van der Waals surface area (Å²) in [5, 5.41) is 24.9. The Hall–Kier alpha value is -6.88. The van der Waals surface area contributed by atoms with Crippen molar-refractivity contribution in [3.05, 3.63) is 169 Å². The molecule has 0 aliphatic rings. The molecule has 4 nitrogen and oxygen atoms in total.